The van der Waals surface area contributed by atoms with Crippen molar-refractivity contribution in [2.75, 3.05) is 7.11 Å². The number of carbonyl (C=O) groups excluding carboxylic acids is 1. The summed E-state index contributed by atoms with van der Waals surface area (Å²) in [5.41, 5.74) is 0.754. The van der Waals surface area contributed by atoms with E-state index in [1.807, 2.05) is 12.1 Å². The van der Waals surface area contributed by atoms with Crippen LogP contribution in [0.5, 0.6) is 0 Å². The van der Waals surface area contributed by atoms with E-state index in [0.717, 1.165) is 27.3 Å². The largest absolute Gasteiger partial charge is 0.480 e. The van der Waals surface area contributed by atoms with Crippen LogP contribution in [-0.4, -0.2) is 38.1 Å². The van der Waals surface area contributed by atoms with Gasteiger partial charge < -0.3 is 9.84 Å². The topological polar surface area (TPSA) is 110 Å². The molecule has 10 heteroatoms. The first kappa shape index (κ1) is 24.4. The lowest BCUT2D eigenvalue weighted by molar-refractivity contribution is -0.141. The van der Waals surface area contributed by atoms with Crippen LogP contribution in [0.3, 0.4) is 0 Å². The Morgan fingerprint density at radius 2 is 1.91 bits per heavy atom. The molecule has 1 aliphatic carbocycles. The van der Waals surface area contributed by atoms with E-state index in [1.165, 1.54) is 13.2 Å². The number of benzene rings is 2. The van der Waals surface area contributed by atoms with Gasteiger partial charge in [0.15, 0.2) is 0 Å². The van der Waals surface area contributed by atoms with Crippen molar-refractivity contribution in [2.24, 2.45) is 0 Å². The zero-order valence-electron chi connectivity index (χ0n) is 18.2. The monoisotopic (exact) mass is 519 g/mol. The van der Waals surface area contributed by atoms with Crippen LogP contribution >= 0.6 is 22.9 Å². The van der Waals surface area contributed by atoms with Crippen molar-refractivity contribution in [3.8, 4) is 10.4 Å². The van der Waals surface area contributed by atoms with Gasteiger partial charge in [-0.25, -0.2) is 8.42 Å². The molecule has 0 amide bonds. The highest BCUT2D eigenvalue weighted by Crippen LogP contribution is 2.52. The van der Waals surface area contributed by atoms with Gasteiger partial charge in [-0.1, -0.05) is 48.0 Å². The number of thiophene rings is 1. The fourth-order valence-corrected chi connectivity index (χ4v) is 6.74. The molecular weight excluding hydrogens is 498 g/mol. The summed E-state index contributed by atoms with van der Waals surface area (Å²) >= 11 is 6.98. The summed E-state index contributed by atoms with van der Waals surface area (Å²) < 4.78 is 33.4. The van der Waals surface area contributed by atoms with Crippen molar-refractivity contribution in [2.45, 2.75) is 34.9 Å². The fourth-order valence-electron chi connectivity index (χ4n) is 3.90. The Labute approximate surface area is 206 Å². The van der Waals surface area contributed by atoms with E-state index in [2.05, 4.69) is 9.46 Å². The number of hydrogen-bond acceptors (Lipinski definition) is 6. The summed E-state index contributed by atoms with van der Waals surface area (Å²) in [6, 6.07) is 17.4. The van der Waals surface area contributed by atoms with Crippen LogP contribution < -0.4 is 4.72 Å². The standard InChI is InChI=1S/C24H22ClNO6S2/c1-32-21(27)11-5-15-3-2-4-17(13-15)19-14-24(19,23(28)29)26-34(30,31)22-12-10-20(33-22)16-6-8-18(25)9-7-16/h2-4,6-10,12-13,19,26H,5,11,14H2,1H3,(H,28,29)/t19-,24?/m0/s1. The van der Waals surface area contributed by atoms with Crippen LogP contribution in [0.2, 0.25) is 5.02 Å². The van der Waals surface area contributed by atoms with Gasteiger partial charge in [0.1, 0.15) is 9.75 Å². The SMILES string of the molecule is COC(=O)CCc1cccc([C@@H]2CC2(NS(=O)(=O)c2ccc(-c3ccc(Cl)cc3)s2)C(=O)O)c1. The molecule has 178 valence electrons. The first-order valence-corrected chi connectivity index (χ1v) is 13.1. The number of aryl methyl sites for hydroxylation is 1. The summed E-state index contributed by atoms with van der Waals surface area (Å²) in [4.78, 5) is 24.3. The van der Waals surface area contributed by atoms with E-state index in [0.29, 0.717) is 17.0 Å². The molecule has 1 saturated carbocycles. The summed E-state index contributed by atoms with van der Waals surface area (Å²) in [6.07, 6.45) is 0.786. The first-order chi connectivity index (χ1) is 16.1. The molecule has 7 nitrogen and oxygen atoms in total. The highest BCUT2D eigenvalue weighted by molar-refractivity contribution is 7.91. The van der Waals surface area contributed by atoms with E-state index < -0.39 is 27.4 Å². The predicted molar refractivity (Wildman–Crippen MR) is 130 cm³/mol. The average molecular weight is 520 g/mol. The minimum atomic E-state index is -4.07. The van der Waals surface area contributed by atoms with Crippen LogP contribution in [0.25, 0.3) is 10.4 Å². The predicted octanol–water partition coefficient (Wildman–Crippen LogP) is 4.46. The van der Waals surface area contributed by atoms with E-state index in [-0.39, 0.29) is 23.0 Å². The van der Waals surface area contributed by atoms with Gasteiger partial charge >= 0.3 is 11.9 Å². The molecule has 0 aliphatic heterocycles. The second-order valence-electron chi connectivity index (χ2n) is 8.09. The number of ether oxygens (including phenoxy) is 1. The van der Waals surface area contributed by atoms with Crippen molar-refractivity contribution in [1.29, 1.82) is 0 Å². The van der Waals surface area contributed by atoms with Crippen molar-refractivity contribution in [3.63, 3.8) is 0 Å². The number of halogens is 1. The Balaban J connectivity index is 1.54. The maximum atomic E-state index is 13.1. The second kappa shape index (κ2) is 9.50. The molecule has 1 fully saturated rings. The van der Waals surface area contributed by atoms with Crippen molar-refractivity contribution < 1.29 is 27.9 Å². The van der Waals surface area contributed by atoms with Gasteiger partial charge in [-0.05, 0) is 53.8 Å². The van der Waals surface area contributed by atoms with Crippen molar-refractivity contribution in [3.05, 3.63) is 76.8 Å². The number of rotatable bonds is 9. The van der Waals surface area contributed by atoms with Crippen LogP contribution in [0.4, 0.5) is 0 Å². The lowest BCUT2D eigenvalue weighted by atomic mass is 10.0. The van der Waals surface area contributed by atoms with Gasteiger partial charge in [-0.2, -0.15) is 4.72 Å². The molecule has 0 bridgehead atoms. The Hall–Kier alpha value is -2.72. The second-order valence-corrected chi connectivity index (χ2v) is 11.5. The Morgan fingerprint density at radius 3 is 2.59 bits per heavy atom. The van der Waals surface area contributed by atoms with Crippen LogP contribution in [0, 0.1) is 0 Å². The maximum Gasteiger partial charge on any atom is 0.325 e. The first-order valence-electron chi connectivity index (χ1n) is 10.4. The van der Waals surface area contributed by atoms with Crippen LogP contribution in [-0.2, 0) is 30.8 Å². The van der Waals surface area contributed by atoms with Crippen LogP contribution in [0.15, 0.2) is 64.9 Å². The van der Waals surface area contributed by atoms with Crippen LogP contribution in [0.1, 0.15) is 29.9 Å². The Bertz CT molecular complexity index is 1340. The molecule has 2 aromatic carbocycles. The molecule has 0 spiro atoms. The van der Waals surface area contributed by atoms with Gasteiger partial charge in [-0.3, -0.25) is 9.59 Å². The number of methoxy groups -OCH3 is 1. The molecule has 0 radical (unpaired) electrons. The molecule has 1 unspecified atom stereocenters. The summed E-state index contributed by atoms with van der Waals surface area (Å²) in [6.45, 7) is 0. The summed E-state index contributed by atoms with van der Waals surface area (Å²) in [5, 5.41) is 10.5. The van der Waals surface area contributed by atoms with Gasteiger partial charge in [0.05, 0.1) is 7.11 Å². The molecule has 2 atom stereocenters. The molecule has 4 rings (SSSR count). The highest BCUT2D eigenvalue weighted by atomic mass is 35.5. The number of carbonyl (C=O) groups is 2. The lowest BCUT2D eigenvalue weighted by Crippen LogP contribution is -2.44. The minimum absolute atomic E-state index is 0.0375. The molecule has 3 aromatic rings. The molecule has 2 N–H and O–H groups in total. The number of esters is 1. The number of carboxylic acids is 1. The van der Waals surface area contributed by atoms with E-state index in [1.54, 1.807) is 42.5 Å². The number of hydrogen-bond donors (Lipinski definition) is 2. The number of carboxylic acid groups (broad SMARTS) is 1. The number of sulfonamides is 1. The van der Waals surface area contributed by atoms with Gasteiger partial charge in [0.25, 0.3) is 10.0 Å². The maximum absolute atomic E-state index is 13.1. The van der Waals surface area contributed by atoms with Crippen molar-refractivity contribution in [1.82, 2.24) is 4.72 Å². The summed E-state index contributed by atoms with van der Waals surface area (Å²) in [7, 11) is -2.75. The highest BCUT2D eigenvalue weighted by Gasteiger charge is 2.63. The number of aliphatic carboxylic acids is 1. The fraction of sp³-hybridized carbons (Fsp3) is 0.250. The molecule has 1 aromatic heterocycles. The summed E-state index contributed by atoms with van der Waals surface area (Å²) in [5.74, 6) is -2.08. The third kappa shape index (κ3) is 5.02. The lowest BCUT2D eigenvalue weighted by Gasteiger charge is -2.15. The van der Waals surface area contributed by atoms with E-state index in [4.69, 9.17) is 11.6 Å². The minimum Gasteiger partial charge on any atom is -0.480 e. The zero-order valence-corrected chi connectivity index (χ0v) is 20.5. The molecule has 0 saturated heterocycles. The zero-order chi connectivity index (χ0) is 24.5. The van der Waals surface area contributed by atoms with Gasteiger partial charge in [0.2, 0.25) is 0 Å². The molecule has 1 aliphatic rings. The van der Waals surface area contributed by atoms with E-state index >= 15 is 0 Å². The molecular formula is C24H22ClNO6S2. The quantitative estimate of drug-likeness (QED) is 0.404. The van der Waals surface area contributed by atoms with E-state index in [9.17, 15) is 23.1 Å². The van der Waals surface area contributed by atoms with Gasteiger partial charge in [0, 0.05) is 22.2 Å². The van der Waals surface area contributed by atoms with Crippen molar-refractivity contribution >= 4 is 44.9 Å². The normalized spacial score (nSPS) is 19.5. The molecule has 34 heavy (non-hydrogen) atoms. The number of nitrogens with one attached hydrogen (secondary N) is 1. The smallest absolute Gasteiger partial charge is 0.325 e. The molecule has 1 heterocycles. The third-order valence-electron chi connectivity index (χ3n) is 5.83. The van der Waals surface area contributed by atoms with Gasteiger partial charge in [-0.15, -0.1) is 11.3 Å². The Kier molecular flexibility index (Phi) is 6.82. The third-order valence-corrected chi connectivity index (χ3v) is 9.22. The Morgan fingerprint density at radius 1 is 1.18 bits per heavy atom. The average Bonchev–Trinajstić information content (AvgIpc) is 3.31.